The molecule has 1 aliphatic rings. The highest BCUT2D eigenvalue weighted by Crippen LogP contribution is 2.26. The Morgan fingerprint density at radius 1 is 1.24 bits per heavy atom. The summed E-state index contributed by atoms with van der Waals surface area (Å²) in [6.07, 6.45) is 2.73. The largest absolute Gasteiger partial charge is 0.373 e. The van der Waals surface area contributed by atoms with Crippen molar-refractivity contribution in [3.8, 4) is 0 Å². The van der Waals surface area contributed by atoms with Gasteiger partial charge in [-0.25, -0.2) is 0 Å². The topological polar surface area (TPSA) is 21.3 Å². The molecule has 0 unspecified atom stereocenters. The monoisotopic (exact) mass is 247 g/mol. The van der Waals surface area contributed by atoms with Crippen LogP contribution in [0.2, 0.25) is 0 Å². The van der Waals surface area contributed by atoms with Crippen molar-refractivity contribution in [1.82, 2.24) is 5.32 Å². The van der Waals surface area contributed by atoms with E-state index in [1.54, 1.807) is 0 Å². The Hall–Kier alpha value is -0.900. The molecule has 0 amide bonds. The van der Waals surface area contributed by atoms with Gasteiger partial charge in [0.1, 0.15) is 0 Å². The van der Waals surface area contributed by atoms with Gasteiger partial charge < -0.3 is 10.1 Å². The quantitative estimate of drug-likeness (QED) is 0.899. The SMILES string of the molecule is c1ccc2sc(COC3CCNCC3)cc2c1. The molecule has 2 nitrogen and oxygen atoms in total. The molecule has 0 bridgehead atoms. The summed E-state index contributed by atoms with van der Waals surface area (Å²) >= 11 is 1.85. The molecule has 1 aromatic heterocycles. The standard InChI is InChI=1S/C14H17NOS/c1-2-4-14-11(3-1)9-13(17-14)10-16-12-5-7-15-8-6-12/h1-4,9,12,15H,5-8,10H2. The molecule has 3 heteroatoms. The van der Waals surface area contributed by atoms with E-state index in [0.717, 1.165) is 32.5 Å². The van der Waals surface area contributed by atoms with Crippen molar-refractivity contribution in [3.63, 3.8) is 0 Å². The highest BCUT2D eigenvalue weighted by Gasteiger charge is 2.13. The summed E-state index contributed by atoms with van der Waals surface area (Å²) in [4.78, 5) is 1.34. The second-order valence-electron chi connectivity index (χ2n) is 4.51. The van der Waals surface area contributed by atoms with Gasteiger partial charge in [-0.15, -0.1) is 11.3 Å². The van der Waals surface area contributed by atoms with E-state index in [0.29, 0.717) is 6.10 Å². The number of rotatable bonds is 3. The average molecular weight is 247 g/mol. The summed E-state index contributed by atoms with van der Waals surface area (Å²) in [5.41, 5.74) is 0. The fourth-order valence-electron chi connectivity index (χ4n) is 2.27. The highest BCUT2D eigenvalue weighted by atomic mass is 32.1. The Morgan fingerprint density at radius 2 is 2.06 bits per heavy atom. The van der Waals surface area contributed by atoms with Gasteiger partial charge in [0, 0.05) is 9.58 Å². The summed E-state index contributed by atoms with van der Waals surface area (Å²) < 4.78 is 7.33. The van der Waals surface area contributed by atoms with Crippen LogP contribution in [0.5, 0.6) is 0 Å². The number of fused-ring (bicyclic) bond motifs is 1. The maximum atomic E-state index is 5.97. The highest BCUT2D eigenvalue weighted by molar-refractivity contribution is 7.19. The van der Waals surface area contributed by atoms with E-state index in [4.69, 9.17) is 4.74 Å². The van der Waals surface area contributed by atoms with Crippen molar-refractivity contribution in [2.75, 3.05) is 13.1 Å². The Balaban J connectivity index is 1.64. The van der Waals surface area contributed by atoms with Crippen molar-refractivity contribution in [3.05, 3.63) is 35.2 Å². The number of piperidine rings is 1. The minimum Gasteiger partial charge on any atom is -0.373 e. The van der Waals surface area contributed by atoms with Gasteiger partial charge in [-0.2, -0.15) is 0 Å². The van der Waals surface area contributed by atoms with Gasteiger partial charge in [-0.05, 0) is 43.5 Å². The third-order valence-electron chi connectivity index (χ3n) is 3.22. The van der Waals surface area contributed by atoms with Crippen LogP contribution in [0, 0.1) is 0 Å². The Labute approximate surface area is 106 Å². The number of thiophene rings is 1. The van der Waals surface area contributed by atoms with Crippen molar-refractivity contribution >= 4 is 21.4 Å². The van der Waals surface area contributed by atoms with Gasteiger partial charge in [0.15, 0.2) is 0 Å². The number of hydrogen-bond acceptors (Lipinski definition) is 3. The van der Waals surface area contributed by atoms with Crippen LogP contribution in [0.3, 0.4) is 0 Å². The van der Waals surface area contributed by atoms with Crippen molar-refractivity contribution in [1.29, 1.82) is 0 Å². The first-order valence-corrected chi connectivity index (χ1v) is 7.03. The van der Waals surface area contributed by atoms with Gasteiger partial charge in [0.05, 0.1) is 12.7 Å². The maximum absolute atomic E-state index is 5.97. The van der Waals surface area contributed by atoms with Crippen LogP contribution in [0.4, 0.5) is 0 Å². The van der Waals surface area contributed by atoms with Crippen LogP contribution in [-0.2, 0) is 11.3 Å². The number of ether oxygens (including phenoxy) is 1. The second kappa shape index (κ2) is 5.17. The maximum Gasteiger partial charge on any atom is 0.0813 e. The summed E-state index contributed by atoms with van der Waals surface area (Å²) in [5, 5.41) is 4.69. The summed E-state index contributed by atoms with van der Waals surface area (Å²) in [6, 6.07) is 10.8. The lowest BCUT2D eigenvalue weighted by Crippen LogP contribution is -2.32. The lowest BCUT2D eigenvalue weighted by atomic mass is 10.1. The molecule has 1 saturated heterocycles. The van der Waals surface area contributed by atoms with Crippen LogP contribution in [-0.4, -0.2) is 19.2 Å². The predicted octanol–water partition coefficient (Wildman–Crippen LogP) is 3.17. The third kappa shape index (κ3) is 2.68. The first-order valence-electron chi connectivity index (χ1n) is 6.21. The van der Waals surface area contributed by atoms with E-state index in [-0.39, 0.29) is 0 Å². The molecule has 1 fully saturated rings. The molecule has 2 heterocycles. The van der Waals surface area contributed by atoms with E-state index in [2.05, 4.69) is 35.6 Å². The Bertz CT molecular complexity index is 455. The van der Waals surface area contributed by atoms with Gasteiger partial charge in [-0.3, -0.25) is 0 Å². The molecule has 0 saturated carbocycles. The third-order valence-corrected chi connectivity index (χ3v) is 4.31. The summed E-state index contributed by atoms with van der Waals surface area (Å²) in [6.45, 7) is 2.96. The van der Waals surface area contributed by atoms with Crippen LogP contribution in [0.25, 0.3) is 10.1 Å². The predicted molar refractivity (Wildman–Crippen MR) is 72.5 cm³/mol. The van der Waals surface area contributed by atoms with Crippen molar-refractivity contribution < 1.29 is 4.74 Å². The fraction of sp³-hybridized carbons (Fsp3) is 0.429. The van der Waals surface area contributed by atoms with Crippen LogP contribution in [0.15, 0.2) is 30.3 Å². The number of benzene rings is 1. The normalized spacial score (nSPS) is 17.6. The van der Waals surface area contributed by atoms with E-state index >= 15 is 0 Å². The van der Waals surface area contributed by atoms with E-state index in [9.17, 15) is 0 Å². The Morgan fingerprint density at radius 3 is 2.88 bits per heavy atom. The molecule has 0 atom stereocenters. The molecule has 0 radical (unpaired) electrons. The first kappa shape index (κ1) is 11.2. The molecule has 0 aliphatic carbocycles. The number of nitrogens with one attached hydrogen (secondary N) is 1. The second-order valence-corrected chi connectivity index (χ2v) is 5.68. The van der Waals surface area contributed by atoms with Gasteiger partial charge in [0.25, 0.3) is 0 Å². The van der Waals surface area contributed by atoms with Gasteiger partial charge in [0.2, 0.25) is 0 Å². The zero-order valence-corrected chi connectivity index (χ0v) is 10.6. The lowest BCUT2D eigenvalue weighted by molar-refractivity contribution is 0.0226. The fourth-order valence-corrected chi connectivity index (χ4v) is 3.26. The zero-order chi connectivity index (χ0) is 11.5. The molecule has 90 valence electrons. The minimum atomic E-state index is 0.446. The molecule has 3 rings (SSSR count). The smallest absolute Gasteiger partial charge is 0.0813 e. The van der Waals surface area contributed by atoms with E-state index < -0.39 is 0 Å². The molecular formula is C14H17NOS. The summed E-state index contributed by atoms with van der Waals surface area (Å²) in [5.74, 6) is 0. The minimum absolute atomic E-state index is 0.446. The van der Waals surface area contributed by atoms with Gasteiger partial charge >= 0.3 is 0 Å². The average Bonchev–Trinajstić information content (AvgIpc) is 2.80. The molecule has 0 spiro atoms. The van der Waals surface area contributed by atoms with Crippen molar-refractivity contribution in [2.45, 2.75) is 25.6 Å². The summed E-state index contributed by atoms with van der Waals surface area (Å²) in [7, 11) is 0. The van der Waals surface area contributed by atoms with Crippen LogP contribution in [0.1, 0.15) is 17.7 Å². The van der Waals surface area contributed by atoms with Crippen molar-refractivity contribution in [2.24, 2.45) is 0 Å². The van der Waals surface area contributed by atoms with E-state index in [1.165, 1.54) is 15.0 Å². The molecule has 2 aromatic rings. The van der Waals surface area contributed by atoms with Gasteiger partial charge in [-0.1, -0.05) is 18.2 Å². The molecule has 1 aromatic carbocycles. The molecular weight excluding hydrogens is 230 g/mol. The van der Waals surface area contributed by atoms with Crippen LogP contribution < -0.4 is 5.32 Å². The molecule has 1 N–H and O–H groups in total. The number of hydrogen-bond donors (Lipinski definition) is 1. The zero-order valence-electron chi connectivity index (χ0n) is 9.82. The lowest BCUT2D eigenvalue weighted by Gasteiger charge is -2.22. The first-order chi connectivity index (χ1) is 8.42. The molecule has 1 aliphatic heterocycles. The Kier molecular flexibility index (Phi) is 3.41. The van der Waals surface area contributed by atoms with Crippen LogP contribution >= 0.6 is 11.3 Å². The molecule has 17 heavy (non-hydrogen) atoms. The van der Waals surface area contributed by atoms with E-state index in [1.807, 2.05) is 11.3 Å².